The van der Waals surface area contributed by atoms with Gasteiger partial charge in [0.1, 0.15) is 25.5 Å². The molecular weight excluding hydrogens is 360 g/mol. The van der Waals surface area contributed by atoms with Crippen LogP contribution in [0.15, 0.2) is 46.4 Å². The van der Waals surface area contributed by atoms with E-state index in [4.69, 9.17) is 0 Å². The number of hydrogen-bond donors (Lipinski definition) is 0. The van der Waals surface area contributed by atoms with Gasteiger partial charge in [0, 0.05) is 12.0 Å². The van der Waals surface area contributed by atoms with Gasteiger partial charge in [-0.25, -0.2) is 16.8 Å². The Kier molecular flexibility index (Phi) is 3.61. The number of carbonyl (C=O) groups excluding carboxylic acids is 2. The van der Waals surface area contributed by atoms with Crippen LogP contribution >= 0.6 is 0 Å². The van der Waals surface area contributed by atoms with Crippen molar-refractivity contribution in [3.05, 3.63) is 52.6 Å². The van der Waals surface area contributed by atoms with Gasteiger partial charge in [-0.05, 0) is 17.2 Å². The number of fused-ring (bicyclic) bond motifs is 1. The van der Waals surface area contributed by atoms with Gasteiger partial charge in [0.05, 0.1) is 10.5 Å². The molecule has 8 nitrogen and oxygen atoms in total. The fraction of sp³-hybridized carbons (Fsp3) is 0.143. The number of rotatable bonds is 2. The molecule has 0 aromatic heterocycles. The predicted molar refractivity (Wildman–Crippen MR) is 77.1 cm³/mol. The second-order valence-corrected chi connectivity index (χ2v) is 8.12. The summed E-state index contributed by atoms with van der Waals surface area (Å²) in [5.41, 5.74) is -0.600. The molecule has 0 saturated carbocycles. The summed E-state index contributed by atoms with van der Waals surface area (Å²) >= 11 is 0. The van der Waals surface area contributed by atoms with Crippen molar-refractivity contribution in [1.82, 2.24) is 0 Å². The summed E-state index contributed by atoms with van der Waals surface area (Å²) in [6.45, 7) is 0. The molecule has 0 fully saturated rings. The molecule has 0 saturated heterocycles. The molecule has 126 valence electrons. The molecule has 0 spiro atoms. The quantitative estimate of drug-likeness (QED) is 0.509. The van der Waals surface area contributed by atoms with Crippen LogP contribution in [0.25, 0.3) is 0 Å². The zero-order valence-electron chi connectivity index (χ0n) is 11.8. The monoisotopic (exact) mass is 368 g/mol. The Morgan fingerprint density at radius 2 is 1.71 bits per heavy atom. The fourth-order valence-electron chi connectivity index (χ4n) is 2.83. The number of carbonyl (C=O) groups is 2. The Labute approximate surface area is 137 Å². The summed E-state index contributed by atoms with van der Waals surface area (Å²) < 4.78 is 67.4. The first-order chi connectivity index (χ1) is 11.0. The highest BCUT2D eigenvalue weighted by molar-refractivity contribution is 7.87. The van der Waals surface area contributed by atoms with E-state index in [9.17, 15) is 35.5 Å². The van der Waals surface area contributed by atoms with Crippen LogP contribution in [0.3, 0.4) is 0 Å². The van der Waals surface area contributed by atoms with Crippen LogP contribution in [-0.4, -0.2) is 42.8 Å². The van der Waals surface area contributed by atoms with Gasteiger partial charge in [-0.15, -0.1) is 0 Å². The second kappa shape index (κ2) is 5.18. The number of hydrogen-bond acceptors (Lipinski definition) is 8. The zero-order chi connectivity index (χ0) is 17.9. The molecule has 10 heteroatoms. The zero-order valence-corrected chi connectivity index (χ0v) is 13.4. The van der Waals surface area contributed by atoms with E-state index in [-0.39, 0.29) is 23.1 Å². The minimum atomic E-state index is -4.98. The SMILES string of the molecule is O=C1C2=C(C=CC(S(=O)(=O)[O-])C2=O)Cc2c1cccc2S(=O)(=O)[O-]. The minimum Gasteiger partial charge on any atom is -0.747 e. The number of allylic oxidation sites excluding steroid dienone is 3. The van der Waals surface area contributed by atoms with Gasteiger partial charge in [0.2, 0.25) is 0 Å². The first kappa shape index (κ1) is 16.7. The van der Waals surface area contributed by atoms with Crippen molar-refractivity contribution in [2.45, 2.75) is 16.6 Å². The van der Waals surface area contributed by atoms with Gasteiger partial charge >= 0.3 is 0 Å². The Morgan fingerprint density at radius 1 is 1.04 bits per heavy atom. The molecule has 1 atom stereocenters. The molecule has 1 unspecified atom stereocenters. The standard InChI is InChI=1S/C14H10O8S2/c15-13-8-2-1-3-10(23(17,18)19)9(8)6-7-4-5-11(24(20,21)22)14(16)12(7)13/h1-5,11H,6H2,(H,17,18,19)(H,20,21,22)/p-2. The van der Waals surface area contributed by atoms with Crippen LogP contribution in [0.1, 0.15) is 15.9 Å². The second-order valence-electron chi connectivity index (χ2n) is 5.28. The van der Waals surface area contributed by atoms with Crippen molar-refractivity contribution >= 4 is 31.8 Å². The molecule has 2 aliphatic carbocycles. The normalized spacial score (nSPS) is 20.8. The van der Waals surface area contributed by atoms with Crippen molar-refractivity contribution in [3.63, 3.8) is 0 Å². The molecular formula is C14H8O8S2-2. The van der Waals surface area contributed by atoms with Crippen LogP contribution in [-0.2, 0) is 31.5 Å². The maximum absolute atomic E-state index is 12.5. The highest BCUT2D eigenvalue weighted by Crippen LogP contribution is 2.34. The van der Waals surface area contributed by atoms with Crippen LogP contribution in [0.4, 0.5) is 0 Å². The average molecular weight is 368 g/mol. The lowest BCUT2D eigenvalue weighted by Crippen LogP contribution is -2.36. The summed E-state index contributed by atoms with van der Waals surface area (Å²) in [6.07, 6.45) is 1.78. The van der Waals surface area contributed by atoms with E-state index in [1.807, 2.05) is 0 Å². The van der Waals surface area contributed by atoms with E-state index >= 15 is 0 Å². The van der Waals surface area contributed by atoms with Crippen molar-refractivity contribution < 1.29 is 35.5 Å². The third-order valence-electron chi connectivity index (χ3n) is 3.85. The lowest BCUT2D eigenvalue weighted by molar-refractivity contribution is -0.114. The Morgan fingerprint density at radius 3 is 2.29 bits per heavy atom. The van der Waals surface area contributed by atoms with E-state index in [1.165, 1.54) is 12.1 Å². The lowest BCUT2D eigenvalue weighted by Gasteiger charge is -2.28. The van der Waals surface area contributed by atoms with E-state index < -0.39 is 47.5 Å². The molecule has 1 aromatic rings. The van der Waals surface area contributed by atoms with Crippen LogP contribution in [0.5, 0.6) is 0 Å². The molecule has 0 bridgehead atoms. The molecule has 0 amide bonds. The van der Waals surface area contributed by atoms with E-state index in [0.717, 1.165) is 18.2 Å². The Balaban J connectivity index is 2.19. The molecule has 0 heterocycles. The Hall–Kier alpha value is -2.14. The smallest absolute Gasteiger partial charge is 0.197 e. The molecule has 1 aromatic carbocycles. The van der Waals surface area contributed by atoms with Crippen LogP contribution in [0, 0.1) is 0 Å². The molecule has 0 radical (unpaired) electrons. The summed E-state index contributed by atoms with van der Waals surface area (Å²) in [7, 11) is -9.81. The average Bonchev–Trinajstić information content (AvgIpc) is 2.44. The molecule has 3 rings (SSSR count). The van der Waals surface area contributed by atoms with E-state index in [2.05, 4.69) is 0 Å². The largest absolute Gasteiger partial charge is 0.747 e. The topological polar surface area (TPSA) is 149 Å². The molecule has 0 aliphatic heterocycles. The highest BCUT2D eigenvalue weighted by atomic mass is 32.2. The van der Waals surface area contributed by atoms with Crippen LogP contribution in [0.2, 0.25) is 0 Å². The van der Waals surface area contributed by atoms with E-state index in [1.54, 1.807) is 0 Å². The van der Waals surface area contributed by atoms with Crippen molar-refractivity contribution in [1.29, 1.82) is 0 Å². The van der Waals surface area contributed by atoms with Crippen molar-refractivity contribution in [2.24, 2.45) is 0 Å². The van der Waals surface area contributed by atoms with Crippen LogP contribution < -0.4 is 0 Å². The third-order valence-corrected chi connectivity index (χ3v) is 5.76. The molecule has 0 N–H and O–H groups in total. The number of benzene rings is 1. The van der Waals surface area contributed by atoms with Gasteiger partial charge in [0.15, 0.2) is 11.6 Å². The first-order valence-corrected chi connectivity index (χ1v) is 9.42. The van der Waals surface area contributed by atoms with Gasteiger partial charge < -0.3 is 9.11 Å². The first-order valence-electron chi connectivity index (χ1n) is 6.54. The minimum absolute atomic E-state index is 0.0443. The lowest BCUT2D eigenvalue weighted by atomic mass is 9.80. The van der Waals surface area contributed by atoms with Crippen molar-refractivity contribution in [2.75, 3.05) is 0 Å². The molecule has 2 aliphatic rings. The summed E-state index contributed by atoms with van der Waals surface area (Å²) in [4.78, 5) is 24.2. The number of Topliss-reactive ketones (excluding diaryl/α,β-unsaturated/α-hetero) is 2. The maximum atomic E-state index is 12.5. The highest BCUT2D eigenvalue weighted by Gasteiger charge is 2.38. The summed E-state index contributed by atoms with van der Waals surface area (Å²) in [5, 5.41) is -1.99. The van der Waals surface area contributed by atoms with Gasteiger partial charge in [-0.3, -0.25) is 9.59 Å². The van der Waals surface area contributed by atoms with Crippen molar-refractivity contribution in [3.8, 4) is 0 Å². The third kappa shape index (κ3) is 2.53. The predicted octanol–water partition coefficient (Wildman–Crippen LogP) is -0.321. The molecule has 24 heavy (non-hydrogen) atoms. The maximum Gasteiger partial charge on any atom is 0.197 e. The summed E-state index contributed by atoms with van der Waals surface area (Å²) in [6, 6.07) is 3.47. The summed E-state index contributed by atoms with van der Waals surface area (Å²) in [5.74, 6) is -2.05. The van der Waals surface area contributed by atoms with E-state index in [0.29, 0.717) is 0 Å². The Bertz CT molecular complexity index is 1060. The van der Waals surface area contributed by atoms with Gasteiger partial charge in [0.25, 0.3) is 0 Å². The van der Waals surface area contributed by atoms with Gasteiger partial charge in [-0.1, -0.05) is 24.3 Å². The van der Waals surface area contributed by atoms with Gasteiger partial charge in [-0.2, -0.15) is 0 Å². The fourth-order valence-corrected chi connectivity index (χ4v) is 4.21. The number of ketones is 2.